The summed E-state index contributed by atoms with van der Waals surface area (Å²) >= 11 is 6.25. The van der Waals surface area contributed by atoms with Gasteiger partial charge in [0, 0.05) is 38.2 Å². The van der Waals surface area contributed by atoms with Crippen molar-refractivity contribution in [1.29, 1.82) is 5.26 Å². The number of carbonyl (C=O) groups is 1. The molecule has 2 heterocycles. The van der Waals surface area contributed by atoms with Crippen molar-refractivity contribution in [2.45, 2.75) is 23.5 Å². The lowest BCUT2D eigenvalue weighted by atomic mass is 9.67. The number of carbonyl (C=O) groups excluding carboxylic acids is 1. The first-order valence-corrected chi connectivity index (χ1v) is 11.5. The average molecular weight is 472 g/mol. The van der Waals surface area contributed by atoms with Gasteiger partial charge in [-0.3, -0.25) is 9.78 Å². The number of pyridine rings is 1. The van der Waals surface area contributed by atoms with Gasteiger partial charge in [0.2, 0.25) is 5.91 Å². The minimum atomic E-state index is -1.56. The zero-order valence-corrected chi connectivity index (χ0v) is 19.5. The number of nitrogens with zero attached hydrogens (tertiary/aromatic N) is 3. The van der Waals surface area contributed by atoms with Crippen LogP contribution in [0.25, 0.3) is 0 Å². The van der Waals surface area contributed by atoms with Crippen LogP contribution in [0.5, 0.6) is 5.75 Å². The molecule has 2 saturated carbocycles. The lowest BCUT2D eigenvalue weighted by Crippen LogP contribution is -2.52. The first-order valence-electron chi connectivity index (χ1n) is 11.2. The van der Waals surface area contributed by atoms with Gasteiger partial charge in [0.25, 0.3) is 0 Å². The summed E-state index contributed by atoms with van der Waals surface area (Å²) in [7, 11) is 3.49. The number of fused-ring (bicyclic) bond motifs is 5. The summed E-state index contributed by atoms with van der Waals surface area (Å²) in [6.07, 6.45) is 2.02. The third kappa shape index (κ3) is 2.33. The fraction of sp³-hybridized carbons (Fsp3) is 0.296. The van der Waals surface area contributed by atoms with Crippen molar-refractivity contribution >= 4 is 17.5 Å². The van der Waals surface area contributed by atoms with E-state index < -0.39 is 28.5 Å². The molecule has 3 aromatic rings. The molecule has 0 radical (unpaired) electrons. The summed E-state index contributed by atoms with van der Waals surface area (Å²) in [4.78, 5) is 19.9. The van der Waals surface area contributed by atoms with E-state index in [0.29, 0.717) is 34.0 Å². The molecule has 2 aromatic carbocycles. The lowest BCUT2D eigenvalue weighted by molar-refractivity contribution is -0.139. The zero-order chi connectivity index (χ0) is 23.9. The molecule has 1 amide bonds. The highest BCUT2D eigenvalue weighted by molar-refractivity contribution is 6.30. The maximum atomic E-state index is 13.8. The lowest BCUT2D eigenvalue weighted by Gasteiger charge is -2.43. The van der Waals surface area contributed by atoms with Gasteiger partial charge in [-0.2, -0.15) is 5.26 Å². The molecule has 5 unspecified atom stereocenters. The molecule has 1 aromatic heterocycles. The van der Waals surface area contributed by atoms with Crippen LogP contribution in [0.1, 0.15) is 34.7 Å². The van der Waals surface area contributed by atoms with E-state index in [9.17, 15) is 15.2 Å². The largest absolute Gasteiger partial charge is 0.476 e. The zero-order valence-electron chi connectivity index (χ0n) is 18.7. The molecular formula is C27H22ClN3O3. The van der Waals surface area contributed by atoms with E-state index in [0.717, 1.165) is 5.56 Å². The fourth-order valence-electron chi connectivity index (χ4n) is 6.59. The Bertz CT molecular complexity index is 1370. The number of aromatic nitrogens is 1. The van der Waals surface area contributed by atoms with Crippen LogP contribution in [0.2, 0.25) is 5.02 Å². The Balaban J connectivity index is 1.69. The Morgan fingerprint density at radius 3 is 2.56 bits per heavy atom. The highest BCUT2D eigenvalue weighted by Crippen LogP contribution is 2.84. The van der Waals surface area contributed by atoms with Crippen molar-refractivity contribution in [2.24, 2.45) is 11.3 Å². The summed E-state index contributed by atoms with van der Waals surface area (Å²) in [5, 5.41) is 22.4. The third-order valence-electron chi connectivity index (χ3n) is 7.83. The van der Waals surface area contributed by atoms with Gasteiger partial charge < -0.3 is 14.7 Å². The number of benzene rings is 2. The molecule has 0 bridgehead atoms. The molecule has 5 atom stereocenters. The normalized spacial score (nSPS) is 32.1. The molecule has 0 spiro atoms. The van der Waals surface area contributed by atoms with Crippen molar-refractivity contribution in [3.63, 3.8) is 0 Å². The number of ether oxygens (including phenoxy) is 1. The van der Waals surface area contributed by atoms with Crippen LogP contribution in [0.4, 0.5) is 0 Å². The predicted molar refractivity (Wildman–Crippen MR) is 125 cm³/mol. The van der Waals surface area contributed by atoms with Gasteiger partial charge in [0.1, 0.15) is 11.4 Å². The molecular weight excluding hydrogens is 450 g/mol. The van der Waals surface area contributed by atoms with Crippen LogP contribution in [-0.2, 0) is 16.0 Å². The van der Waals surface area contributed by atoms with Gasteiger partial charge in [-0.25, -0.2) is 0 Å². The Labute approximate surface area is 202 Å². The van der Waals surface area contributed by atoms with E-state index in [-0.39, 0.29) is 5.91 Å². The quantitative estimate of drug-likeness (QED) is 0.624. The number of amides is 1. The topological polar surface area (TPSA) is 86.5 Å². The van der Waals surface area contributed by atoms with E-state index in [1.54, 1.807) is 37.2 Å². The van der Waals surface area contributed by atoms with E-state index in [1.807, 2.05) is 42.5 Å². The van der Waals surface area contributed by atoms with Gasteiger partial charge in [0.05, 0.1) is 22.1 Å². The van der Waals surface area contributed by atoms with E-state index in [4.69, 9.17) is 16.3 Å². The first-order chi connectivity index (χ1) is 16.3. The number of rotatable bonds is 3. The highest BCUT2D eigenvalue weighted by atomic mass is 35.5. The van der Waals surface area contributed by atoms with Gasteiger partial charge in [-0.05, 0) is 29.7 Å². The van der Waals surface area contributed by atoms with Gasteiger partial charge in [-0.1, -0.05) is 54.1 Å². The molecule has 3 aliphatic rings. The van der Waals surface area contributed by atoms with Crippen LogP contribution in [-0.4, -0.2) is 35.0 Å². The molecule has 7 heteroatoms. The van der Waals surface area contributed by atoms with Crippen LogP contribution in [0, 0.1) is 22.7 Å². The summed E-state index contributed by atoms with van der Waals surface area (Å²) in [5.74, 6) is -0.517. The van der Waals surface area contributed by atoms with E-state index >= 15 is 0 Å². The summed E-state index contributed by atoms with van der Waals surface area (Å²) in [6.45, 7) is 0. The molecule has 2 fully saturated rings. The Kier molecular flexibility index (Phi) is 4.24. The van der Waals surface area contributed by atoms with E-state index in [1.165, 1.54) is 6.20 Å². The smallest absolute Gasteiger partial charge is 0.229 e. The fourth-order valence-corrected chi connectivity index (χ4v) is 6.74. The number of aliphatic hydroxyl groups is 1. The van der Waals surface area contributed by atoms with Crippen molar-refractivity contribution in [1.82, 2.24) is 9.88 Å². The van der Waals surface area contributed by atoms with Crippen molar-refractivity contribution in [3.05, 3.63) is 94.3 Å². The summed E-state index contributed by atoms with van der Waals surface area (Å²) in [6, 6.07) is 20.6. The van der Waals surface area contributed by atoms with Crippen LogP contribution in [0.15, 0.2) is 66.9 Å². The van der Waals surface area contributed by atoms with Crippen LogP contribution < -0.4 is 4.74 Å². The molecule has 0 saturated heterocycles. The summed E-state index contributed by atoms with van der Waals surface area (Å²) in [5.41, 5.74) is -1.25. The average Bonchev–Trinajstić information content (AvgIpc) is 3.48. The Hall–Kier alpha value is -3.40. The van der Waals surface area contributed by atoms with Crippen molar-refractivity contribution in [2.75, 3.05) is 14.1 Å². The van der Waals surface area contributed by atoms with Crippen molar-refractivity contribution < 1.29 is 14.6 Å². The van der Waals surface area contributed by atoms with Gasteiger partial charge >= 0.3 is 0 Å². The molecule has 2 aliphatic carbocycles. The second kappa shape index (κ2) is 6.82. The predicted octanol–water partition coefficient (Wildman–Crippen LogP) is 3.97. The molecule has 6 nitrogen and oxygen atoms in total. The number of hydrogen-bond acceptors (Lipinski definition) is 5. The third-order valence-corrected chi connectivity index (χ3v) is 8.03. The number of halogens is 1. The van der Waals surface area contributed by atoms with Gasteiger partial charge in [0.15, 0.2) is 11.2 Å². The molecule has 6 rings (SSSR count). The highest BCUT2D eigenvalue weighted by Gasteiger charge is 2.90. The van der Waals surface area contributed by atoms with Gasteiger partial charge in [-0.15, -0.1) is 0 Å². The first kappa shape index (κ1) is 21.2. The number of hydrogen-bond donors (Lipinski definition) is 1. The molecule has 1 N–H and O–H groups in total. The van der Waals surface area contributed by atoms with E-state index in [2.05, 4.69) is 11.1 Å². The number of nitriles is 1. The Morgan fingerprint density at radius 1 is 1.21 bits per heavy atom. The molecule has 1 aliphatic heterocycles. The van der Waals surface area contributed by atoms with Crippen molar-refractivity contribution in [3.8, 4) is 11.8 Å². The second-order valence-electron chi connectivity index (χ2n) is 9.63. The monoisotopic (exact) mass is 471 g/mol. The van der Waals surface area contributed by atoms with Crippen LogP contribution >= 0.6 is 11.6 Å². The standard InChI is InChI=1S/C27H22ClN3O3/c1-31(2)24(32)25-13-21(25)26(33)23-20(12-19(28)15-30-23)34-27(26,18-10-8-16(14-29)9-11-18)22(25)17-6-4-3-5-7-17/h3-12,15,21-22,33H,13H2,1-2H3. The van der Waals surface area contributed by atoms with Crippen LogP contribution in [0.3, 0.4) is 0 Å². The molecule has 34 heavy (non-hydrogen) atoms. The maximum absolute atomic E-state index is 13.8. The SMILES string of the molecule is CN(C)C(=O)C12CC1C1(O)c3ncc(Cl)cc3OC1(c1ccc(C#N)cc1)C2c1ccccc1. The summed E-state index contributed by atoms with van der Waals surface area (Å²) < 4.78 is 6.73. The minimum Gasteiger partial charge on any atom is -0.476 e. The molecule has 170 valence electrons. The minimum absolute atomic E-state index is 0.0405. The maximum Gasteiger partial charge on any atom is 0.229 e. The second-order valence-corrected chi connectivity index (χ2v) is 10.1. The Morgan fingerprint density at radius 2 is 1.91 bits per heavy atom.